The maximum atomic E-state index is 12.5. The SMILES string of the molecule is CCC(CC)(CC(=O)O)NC(=O)c1cc2cccc([N+](=O)[O-])c2[nH]1. The molecule has 1 heterocycles. The molecule has 8 heteroatoms. The van der Waals surface area contributed by atoms with Crippen molar-refractivity contribution in [1.82, 2.24) is 10.3 Å². The first-order valence-electron chi connectivity index (χ1n) is 7.62. The van der Waals surface area contributed by atoms with Gasteiger partial charge in [0.05, 0.1) is 16.9 Å². The molecule has 0 radical (unpaired) electrons. The van der Waals surface area contributed by atoms with Crippen LogP contribution < -0.4 is 5.32 Å². The van der Waals surface area contributed by atoms with E-state index in [4.69, 9.17) is 5.11 Å². The van der Waals surface area contributed by atoms with Gasteiger partial charge in [0.15, 0.2) is 0 Å². The molecule has 0 atom stereocenters. The molecule has 3 N–H and O–H groups in total. The summed E-state index contributed by atoms with van der Waals surface area (Å²) < 4.78 is 0. The molecule has 1 amide bonds. The number of hydrogen-bond donors (Lipinski definition) is 3. The van der Waals surface area contributed by atoms with E-state index < -0.39 is 22.3 Å². The third-order valence-electron chi connectivity index (χ3n) is 4.30. The van der Waals surface area contributed by atoms with Crippen LogP contribution in [0.2, 0.25) is 0 Å². The number of nitrogens with zero attached hydrogens (tertiary/aromatic N) is 1. The molecule has 2 rings (SSSR count). The molecule has 2 aromatic rings. The van der Waals surface area contributed by atoms with Crippen molar-refractivity contribution < 1.29 is 19.6 Å². The van der Waals surface area contributed by atoms with Crippen LogP contribution in [-0.2, 0) is 4.79 Å². The van der Waals surface area contributed by atoms with Crippen molar-refractivity contribution in [1.29, 1.82) is 0 Å². The number of aromatic amines is 1. The second kappa shape index (κ2) is 6.69. The number of fused-ring (bicyclic) bond motifs is 1. The fraction of sp³-hybridized carbons (Fsp3) is 0.375. The van der Waals surface area contributed by atoms with Crippen LogP contribution in [0.4, 0.5) is 5.69 Å². The summed E-state index contributed by atoms with van der Waals surface area (Å²) in [6.45, 7) is 3.62. The lowest BCUT2D eigenvalue weighted by Gasteiger charge is -2.31. The van der Waals surface area contributed by atoms with E-state index in [1.54, 1.807) is 12.1 Å². The number of nitrogens with one attached hydrogen (secondary N) is 2. The van der Waals surface area contributed by atoms with E-state index >= 15 is 0 Å². The second-order valence-electron chi connectivity index (χ2n) is 5.69. The number of benzene rings is 1. The number of amides is 1. The first-order chi connectivity index (χ1) is 11.3. The molecule has 1 aromatic heterocycles. The maximum absolute atomic E-state index is 12.5. The van der Waals surface area contributed by atoms with Gasteiger partial charge in [-0.05, 0) is 18.9 Å². The van der Waals surface area contributed by atoms with Crippen molar-refractivity contribution in [2.24, 2.45) is 0 Å². The highest BCUT2D eigenvalue weighted by atomic mass is 16.6. The van der Waals surface area contributed by atoms with Gasteiger partial charge in [0.25, 0.3) is 11.6 Å². The Kier molecular flexibility index (Phi) is 4.87. The highest BCUT2D eigenvalue weighted by Crippen LogP contribution is 2.26. The largest absolute Gasteiger partial charge is 0.481 e. The smallest absolute Gasteiger partial charge is 0.305 e. The predicted octanol–water partition coefficient (Wildman–Crippen LogP) is 2.84. The van der Waals surface area contributed by atoms with Gasteiger partial charge in [-0.15, -0.1) is 0 Å². The number of H-pyrrole nitrogens is 1. The fourth-order valence-electron chi connectivity index (χ4n) is 2.73. The topological polar surface area (TPSA) is 125 Å². The maximum Gasteiger partial charge on any atom is 0.305 e. The third-order valence-corrected chi connectivity index (χ3v) is 4.30. The van der Waals surface area contributed by atoms with Gasteiger partial charge in [0.1, 0.15) is 11.2 Å². The second-order valence-corrected chi connectivity index (χ2v) is 5.69. The number of carboxylic acids is 1. The summed E-state index contributed by atoms with van der Waals surface area (Å²) >= 11 is 0. The molecule has 24 heavy (non-hydrogen) atoms. The summed E-state index contributed by atoms with van der Waals surface area (Å²) in [5.41, 5.74) is -0.540. The van der Waals surface area contributed by atoms with Gasteiger partial charge in [-0.1, -0.05) is 26.0 Å². The summed E-state index contributed by atoms with van der Waals surface area (Å²) in [6.07, 6.45) is 0.732. The van der Waals surface area contributed by atoms with E-state index in [0.717, 1.165) is 0 Å². The zero-order valence-corrected chi connectivity index (χ0v) is 13.5. The minimum atomic E-state index is -0.994. The molecule has 0 aliphatic heterocycles. The molecule has 0 unspecified atom stereocenters. The summed E-state index contributed by atoms with van der Waals surface area (Å²) in [4.78, 5) is 36.9. The van der Waals surface area contributed by atoms with E-state index in [-0.39, 0.29) is 23.3 Å². The number of non-ortho nitro benzene ring substituents is 1. The van der Waals surface area contributed by atoms with Gasteiger partial charge in [-0.3, -0.25) is 19.7 Å². The molecule has 0 aliphatic rings. The van der Waals surface area contributed by atoms with E-state index in [9.17, 15) is 19.7 Å². The van der Waals surface area contributed by atoms with E-state index in [1.165, 1.54) is 12.1 Å². The highest BCUT2D eigenvalue weighted by molar-refractivity contribution is 6.00. The Morgan fingerprint density at radius 3 is 2.54 bits per heavy atom. The molecule has 0 spiro atoms. The van der Waals surface area contributed by atoms with Crippen LogP contribution in [0.5, 0.6) is 0 Å². The summed E-state index contributed by atoms with van der Waals surface area (Å²) in [6, 6.07) is 6.09. The number of nitro groups is 1. The third kappa shape index (κ3) is 3.37. The molecule has 1 aromatic carbocycles. The molecule has 0 saturated heterocycles. The van der Waals surface area contributed by atoms with Crippen LogP contribution in [0.1, 0.15) is 43.6 Å². The van der Waals surface area contributed by atoms with Crippen molar-refractivity contribution in [2.45, 2.75) is 38.6 Å². The van der Waals surface area contributed by atoms with Crippen LogP contribution in [-0.4, -0.2) is 32.4 Å². The quantitative estimate of drug-likeness (QED) is 0.530. The van der Waals surface area contributed by atoms with Crippen LogP contribution in [0.3, 0.4) is 0 Å². The Labute approximate surface area is 138 Å². The Morgan fingerprint density at radius 2 is 2.00 bits per heavy atom. The van der Waals surface area contributed by atoms with Gasteiger partial charge in [0.2, 0.25) is 0 Å². The molecule has 128 valence electrons. The fourth-order valence-corrected chi connectivity index (χ4v) is 2.73. The number of aliphatic carboxylic acids is 1. The number of hydrogen-bond acceptors (Lipinski definition) is 4. The molecule has 0 bridgehead atoms. The number of nitro benzene ring substituents is 1. The van der Waals surface area contributed by atoms with E-state index in [0.29, 0.717) is 18.2 Å². The Balaban J connectivity index is 2.36. The van der Waals surface area contributed by atoms with Crippen LogP contribution in [0, 0.1) is 10.1 Å². The van der Waals surface area contributed by atoms with E-state index in [1.807, 2.05) is 13.8 Å². The average molecular weight is 333 g/mol. The molecule has 8 nitrogen and oxygen atoms in total. The van der Waals surface area contributed by atoms with E-state index in [2.05, 4.69) is 10.3 Å². The number of para-hydroxylation sites is 1. The molecular weight excluding hydrogens is 314 g/mol. The van der Waals surface area contributed by atoms with Crippen molar-refractivity contribution in [2.75, 3.05) is 0 Å². The van der Waals surface area contributed by atoms with Crippen molar-refractivity contribution in [3.05, 3.63) is 40.1 Å². The van der Waals surface area contributed by atoms with Gasteiger partial charge >= 0.3 is 5.97 Å². The van der Waals surface area contributed by atoms with Gasteiger partial charge in [-0.25, -0.2) is 0 Å². The Hall–Kier alpha value is -2.90. The lowest BCUT2D eigenvalue weighted by atomic mass is 9.89. The zero-order chi connectivity index (χ0) is 17.9. The van der Waals surface area contributed by atoms with Crippen LogP contribution in [0.25, 0.3) is 10.9 Å². The normalized spacial score (nSPS) is 11.4. The standard InChI is InChI=1S/C16H19N3O5/c1-3-16(4-2,9-13(20)21)18-15(22)11-8-10-6-5-7-12(19(23)24)14(10)17-11/h5-8,17H,3-4,9H2,1-2H3,(H,18,22)(H,20,21). The first-order valence-corrected chi connectivity index (χ1v) is 7.62. The van der Waals surface area contributed by atoms with Gasteiger partial charge < -0.3 is 15.4 Å². The molecule has 0 saturated carbocycles. The number of carboxylic acid groups (broad SMARTS) is 1. The molecule has 0 aliphatic carbocycles. The minimum absolute atomic E-state index is 0.116. The van der Waals surface area contributed by atoms with Gasteiger partial charge in [0, 0.05) is 11.5 Å². The van der Waals surface area contributed by atoms with Crippen molar-refractivity contribution >= 4 is 28.5 Å². The van der Waals surface area contributed by atoms with Crippen molar-refractivity contribution in [3.63, 3.8) is 0 Å². The first kappa shape index (κ1) is 17.5. The van der Waals surface area contributed by atoms with Gasteiger partial charge in [-0.2, -0.15) is 0 Å². The minimum Gasteiger partial charge on any atom is -0.481 e. The Morgan fingerprint density at radius 1 is 1.33 bits per heavy atom. The summed E-state index contributed by atoms with van der Waals surface area (Å²) in [5.74, 6) is -1.48. The molecular formula is C16H19N3O5. The lowest BCUT2D eigenvalue weighted by molar-refractivity contribution is -0.383. The van der Waals surface area contributed by atoms with Crippen molar-refractivity contribution in [3.8, 4) is 0 Å². The number of carbonyl (C=O) groups is 2. The highest BCUT2D eigenvalue weighted by Gasteiger charge is 2.32. The number of carbonyl (C=O) groups excluding carboxylic acids is 1. The average Bonchev–Trinajstić information content (AvgIpc) is 2.97. The monoisotopic (exact) mass is 333 g/mol. The van der Waals surface area contributed by atoms with Crippen LogP contribution in [0.15, 0.2) is 24.3 Å². The zero-order valence-electron chi connectivity index (χ0n) is 13.5. The number of rotatable bonds is 7. The van der Waals surface area contributed by atoms with Crippen LogP contribution >= 0.6 is 0 Å². The Bertz CT molecular complexity index is 792. The summed E-state index contributed by atoms with van der Waals surface area (Å²) in [7, 11) is 0. The predicted molar refractivity (Wildman–Crippen MR) is 88.0 cm³/mol. The molecule has 0 fully saturated rings. The summed E-state index contributed by atoms with van der Waals surface area (Å²) in [5, 5.41) is 23.4. The number of aromatic nitrogens is 1. The lowest BCUT2D eigenvalue weighted by Crippen LogP contribution is -2.49.